The fourth-order valence-corrected chi connectivity index (χ4v) is 3.37. The van der Waals surface area contributed by atoms with Crippen LogP contribution < -0.4 is 15.4 Å². The highest BCUT2D eigenvalue weighted by molar-refractivity contribution is 7.14. The second kappa shape index (κ2) is 9.01. The number of nitrogens with one attached hydrogen (secondary N) is 2. The van der Waals surface area contributed by atoms with Gasteiger partial charge in [-0.2, -0.15) is 0 Å². The van der Waals surface area contributed by atoms with Crippen molar-refractivity contribution in [3.05, 3.63) is 29.6 Å². The molecule has 1 aliphatic rings. The number of benzene rings is 1. The standard InChI is InChI=1S/C17H21N3O2S.ClH/c1-2-22-14-5-3-12(4-6-14)15-11-23-17(19-15)20-16(21)13-7-9-18-10-8-13;/h3-6,11,13,18H,2,7-10H2,1H3,(H,19,20,21);1H. The molecule has 7 heteroatoms. The average Bonchev–Trinajstić information content (AvgIpc) is 3.05. The molecule has 0 saturated carbocycles. The third kappa shape index (κ3) is 4.69. The van der Waals surface area contributed by atoms with Gasteiger partial charge in [0.2, 0.25) is 5.91 Å². The fraction of sp³-hybridized carbons (Fsp3) is 0.412. The van der Waals surface area contributed by atoms with E-state index in [0.717, 1.165) is 42.9 Å². The molecule has 0 aliphatic carbocycles. The van der Waals surface area contributed by atoms with Crippen LogP contribution in [0.5, 0.6) is 5.75 Å². The van der Waals surface area contributed by atoms with Crippen molar-refractivity contribution in [3.63, 3.8) is 0 Å². The molecule has 1 aromatic carbocycles. The van der Waals surface area contributed by atoms with E-state index in [1.54, 1.807) is 0 Å². The van der Waals surface area contributed by atoms with Gasteiger partial charge in [0.05, 0.1) is 12.3 Å². The Morgan fingerprint density at radius 3 is 2.71 bits per heavy atom. The molecule has 1 aliphatic heterocycles. The maximum Gasteiger partial charge on any atom is 0.229 e. The zero-order chi connectivity index (χ0) is 16.1. The summed E-state index contributed by atoms with van der Waals surface area (Å²) in [5.41, 5.74) is 1.89. The minimum absolute atomic E-state index is 0. The van der Waals surface area contributed by atoms with E-state index in [2.05, 4.69) is 15.6 Å². The second-order valence-corrected chi connectivity index (χ2v) is 6.37. The largest absolute Gasteiger partial charge is 0.494 e. The van der Waals surface area contributed by atoms with E-state index < -0.39 is 0 Å². The van der Waals surface area contributed by atoms with E-state index in [0.29, 0.717) is 11.7 Å². The van der Waals surface area contributed by atoms with Gasteiger partial charge < -0.3 is 15.4 Å². The first-order valence-electron chi connectivity index (χ1n) is 7.96. The second-order valence-electron chi connectivity index (χ2n) is 5.51. The summed E-state index contributed by atoms with van der Waals surface area (Å²) in [6.07, 6.45) is 1.78. The highest BCUT2D eigenvalue weighted by Crippen LogP contribution is 2.27. The topological polar surface area (TPSA) is 63.2 Å². The van der Waals surface area contributed by atoms with Crippen LogP contribution in [0.3, 0.4) is 0 Å². The first-order chi connectivity index (χ1) is 11.3. The van der Waals surface area contributed by atoms with Crippen molar-refractivity contribution in [3.8, 4) is 17.0 Å². The molecule has 2 heterocycles. The Morgan fingerprint density at radius 2 is 2.04 bits per heavy atom. The van der Waals surface area contributed by atoms with Gasteiger partial charge in [0.1, 0.15) is 5.75 Å². The zero-order valence-corrected chi connectivity index (χ0v) is 15.2. The lowest BCUT2D eigenvalue weighted by Crippen LogP contribution is -2.34. The number of carbonyl (C=O) groups is 1. The molecule has 0 bridgehead atoms. The molecular weight excluding hydrogens is 346 g/mol. The van der Waals surface area contributed by atoms with Crippen molar-refractivity contribution in [1.82, 2.24) is 10.3 Å². The summed E-state index contributed by atoms with van der Waals surface area (Å²) in [6.45, 7) is 4.44. The van der Waals surface area contributed by atoms with Gasteiger partial charge in [0.15, 0.2) is 5.13 Å². The third-order valence-corrected chi connectivity index (χ3v) is 4.66. The van der Waals surface area contributed by atoms with Crippen LogP contribution in [0.1, 0.15) is 19.8 Å². The summed E-state index contributed by atoms with van der Waals surface area (Å²) in [5, 5.41) is 8.85. The van der Waals surface area contributed by atoms with Gasteiger partial charge in [-0.3, -0.25) is 4.79 Å². The van der Waals surface area contributed by atoms with Crippen molar-refractivity contribution >= 4 is 34.8 Å². The number of anilines is 1. The highest BCUT2D eigenvalue weighted by atomic mass is 35.5. The van der Waals surface area contributed by atoms with E-state index >= 15 is 0 Å². The fourth-order valence-electron chi connectivity index (χ4n) is 2.64. The first kappa shape index (κ1) is 18.7. The number of hydrogen-bond acceptors (Lipinski definition) is 5. The van der Waals surface area contributed by atoms with Crippen molar-refractivity contribution in [2.45, 2.75) is 19.8 Å². The lowest BCUT2D eigenvalue weighted by atomic mass is 9.97. The van der Waals surface area contributed by atoms with Gasteiger partial charge in [-0.1, -0.05) is 0 Å². The number of nitrogens with zero attached hydrogens (tertiary/aromatic N) is 1. The molecular formula is C17H22ClN3O2S. The molecule has 0 unspecified atom stereocenters. The lowest BCUT2D eigenvalue weighted by Gasteiger charge is -2.20. The quantitative estimate of drug-likeness (QED) is 0.848. The number of ether oxygens (including phenoxy) is 1. The van der Waals surface area contributed by atoms with Crippen molar-refractivity contribution in [2.24, 2.45) is 5.92 Å². The van der Waals surface area contributed by atoms with Crippen LogP contribution in [-0.2, 0) is 4.79 Å². The Labute approximate surface area is 152 Å². The minimum atomic E-state index is 0. The van der Waals surface area contributed by atoms with Crippen LogP contribution in [0.4, 0.5) is 5.13 Å². The number of amides is 1. The highest BCUT2D eigenvalue weighted by Gasteiger charge is 2.21. The smallest absolute Gasteiger partial charge is 0.229 e. The molecule has 0 spiro atoms. The van der Waals surface area contributed by atoms with Crippen molar-refractivity contribution in [1.29, 1.82) is 0 Å². The molecule has 24 heavy (non-hydrogen) atoms. The van der Waals surface area contributed by atoms with Crippen LogP contribution in [0, 0.1) is 5.92 Å². The maximum absolute atomic E-state index is 12.2. The van der Waals surface area contributed by atoms with E-state index in [1.165, 1.54) is 11.3 Å². The summed E-state index contributed by atoms with van der Waals surface area (Å²) < 4.78 is 5.44. The number of aromatic nitrogens is 1. The molecule has 2 N–H and O–H groups in total. The Bertz CT molecular complexity index is 654. The van der Waals surface area contributed by atoms with Crippen LogP contribution in [0.25, 0.3) is 11.3 Å². The predicted octanol–water partition coefficient (Wildman–Crippen LogP) is 3.57. The molecule has 2 aromatic rings. The zero-order valence-electron chi connectivity index (χ0n) is 13.6. The van der Waals surface area contributed by atoms with Crippen molar-refractivity contribution in [2.75, 3.05) is 25.0 Å². The third-order valence-electron chi connectivity index (χ3n) is 3.91. The van der Waals surface area contributed by atoms with E-state index in [4.69, 9.17) is 4.74 Å². The monoisotopic (exact) mass is 367 g/mol. The summed E-state index contributed by atoms with van der Waals surface area (Å²) in [4.78, 5) is 16.8. The summed E-state index contributed by atoms with van der Waals surface area (Å²) in [7, 11) is 0. The maximum atomic E-state index is 12.2. The van der Waals surface area contributed by atoms with Gasteiger partial charge >= 0.3 is 0 Å². The van der Waals surface area contributed by atoms with Crippen LogP contribution >= 0.6 is 23.7 Å². The number of rotatable bonds is 5. The normalized spacial score (nSPS) is 14.7. The van der Waals surface area contributed by atoms with Gasteiger partial charge in [-0.15, -0.1) is 23.7 Å². The molecule has 1 aromatic heterocycles. The molecule has 1 amide bonds. The molecule has 5 nitrogen and oxygen atoms in total. The van der Waals surface area contributed by atoms with Crippen LogP contribution in [0.15, 0.2) is 29.6 Å². The summed E-state index contributed by atoms with van der Waals surface area (Å²) in [6, 6.07) is 7.84. The summed E-state index contributed by atoms with van der Waals surface area (Å²) >= 11 is 1.46. The predicted molar refractivity (Wildman–Crippen MR) is 100 cm³/mol. The molecule has 130 valence electrons. The van der Waals surface area contributed by atoms with Gasteiger partial charge in [0.25, 0.3) is 0 Å². The lowest BCUT2D eigenvalue weighted by molar-refractivity contribution is -0.120. The Hall–Kier alpha value is -1.63. The Balaban J connectivity index is 0.00000208. The van der Waals surface area contributed by atoms with Gasteiger partial charge in [0, 0.05) is 16.9 Å². The average molecular weight is 368 g/mol. The number of piperidine rings is 1. The first-order valence-corrected chi connectivity index (χ1v) is 8.84. The minimum Gasteiger partial charge on any atom is -0.494 e. The Morgan fingerprint density at radius 1 is 1.33 bits per heavy atom. The molecule has 1 fully saturated rings. The van der Waals surface area contributed by atoms with Crippen LogP contribution in [-0.4, -0.2) is 30.6 Å². The van der Waals surface area contributed by atoms with Crippen molar-refractivity contribution < 1.29 is 9.53 Å². The van der Waals surface area contributed by atoms with Gasteiger partial charge in [-0.25, -0.2) is 4.98 Å². The molecule has 3 rings (SSSR count). The molecule has 0 radical (unpaired) electrons. The van der Waals surface area contributed by atoms with Gasteiger partial charge in [-0.05, 0) is 57.1 Å². The van der Waals surface area contributed by atoms with Crippen LogP contribution in [0.2, 0.25) is 0 Å². The SMILES string of the molecule is CCOc1ccc(-c2csc(NC(=O)C3CCNCC3)n2)cc1.Cl. The number of hydrogen-bond donors (Lipinski definition) is 2. The van der Waals surface area contributed by atoms with E-state index in [9.17, 15) is 4.79 Å². The Kier molecular flexibility index (Phi) is 7.02. The number of thiazole rings is 1. The van der Waals surface area contributed by atoms with E-state index in [-0.39, 0.29) is 24.2 Å². The number of halogens is 1. The molecule has 0 atom stereocenters. The number of carbonyl (C=O) groups excluding carboxylic acids is 1. The van der Waals surface area contributed by atoms with E-state index in [1.807, 2.05) is 36.6 Å². The molecule has 1 saturated heterocycles. The summed E-state index contributed by atoms with van der Waals surface area (Å²) in [5.74, 6) is 1.03.